The van der Waals surface area contributed by atoms with Crippen molar-refractivity contribution in [3.63, 3.8) is 0 Å². The number of aromatic nitrogens is 5. The summed E-state index contributed by atoms with van der Waals surface area (Å²) in [6, 6.07) is 8.04. The third-order valence-electron chi connectivity index (χ3n) is 4.82. The van der Waals surface area contributed by atoms with E-state index in [9.17, 15) is 4.79 Å². The van der Waals surface area contributed by atoms with Crippen molar-refractivity contribution >= 4 is 16.9 Å². The van der Waals surface area contributed by atoms with Gasteiger partial charge in [0.2, 0.25) is 5.91 Å². The Morgan fingerprint density at radius 2 is 2.12 bits per heavy atom. The van der Waals surface area contributed by atoms with Crippen LogP contribution in [0.2, 0.25) is 0 Å². The fraction of sp³-hybridized carbons (Fsp3) is 0.444. The van der Waals surface area contributed by atoms with Crippen LogP contribution in [0.25, 0.3) is 11.0 Å². The SMILES string of the molecule is Cc1nc(C)n(CC(=O)N2CCC[C@H](c3nc4ccccc4[nH]3)C2)n1. The van der Waals surface area contributed by atoms with Crippen molar-refractivity contribution in [3.8, 4) is 0 Å². The number of carbonyl (C=O) groups is 1. The van der Waals surface area contributed by atoms with Crippen LogP contribution < -0.4 is 0 Å². The van der Waals surface area contributed by atoms with E-state index in [1.54, 1.807) is 4.68 Å². The maximum Gasteiger partial charge on any atom is 0.244 e. The first-order valence-corrected chi connectivity index (χ1v) is 8.70. The van der Waals surface area contributed by atoms with Crippen LogP contribution in [0.3, 0.4) is 0 Å². The molecule has 1 amide bonds. The lowest BCUT2D eigenvalue weighted by atomic mass is 9.97. The zero-order chi connectivity index (χ0) is 17.4. The second kappa shape index (κ2) is 6.31. The number of likely N-dealkylation sites (tertiary alicyclic amines) is 1. The minimum Gasteiger partial charge on any atom is -0.342 e. The Balaban J connectivity index is 1.48. The second-order valence-corrected chi connectivity index (χ2v) is 6.68. The van der Waals surface area contributed by atoms with Gasteiger partial charge in [-0.1, -0.05) is 12.1 Å². The van der Waals surface area contributed by atoms with E-state index >= 15 is 0 Å². The van der Waals surface area contributed by atoms with Crippen LogP contribution in [0.1, 0.15) is 36.2 Å². The van der Waals surface area contributed by atoms with Crippen LogP contribution in [0.15, 0.2) is 24.3 Å². The van der Waals surface area contributed by atoms with Crippen LogP contribution in [0.4, 0.5) is 0 Å². The molecule has 0 unspecified atom stereocenters. The standard InChI is InChI=1S/C18H22N6O/c1-12-19-13(2)24(22-12)11-17(25)23-9-5-6-14(10-23)18-20-15-7-3-4-8-16(15)21-18/h3-4,7-8,14H,5-6,9-11H2,1-2H3,(H,20,21)/t14-/m0/s1. The van der Waals surface area contributed by atoms with Crippen LogP contribution in [-0.4, -0.2) is 48.6 Å². The Bertz CT molecular complexity index is 878. The zero-order valence-corrected chi connectivity index (χ0v) is 14.6. The minimum atomic E-state index is 0.0915. The smallest absolute Gasteiger partial charge is 0.244 e. The number of rotatable bonds is 3. The van der Waals surface area contributed by atoms with Gasteiger partial charge in [0, 0.05) is 19.0 Å². The molecule has 1 fully saturated rings. The van der Waals surface area contributed by atoms with E-state index in [4.69, 9.17) is 4.98 Å². The number of piperidine rings is 1. The fourth-order valence-corrected chi connectivity index (χ4v) is 3.53. The van der Waals surface area contributed by atoms with Crippen LogP contribution in [-0.2, 0) is 11.3 Å². The third kappa shape index (κ3) is 3.14. The highest BCUT2D eigenvalue weighted by atomic mass is 16.2. The van der Waals surface area contributed by atoms with E-state index in [0.29, 0.717) is 12.4 Å². The molecule has 0 radical (unpaired) electrons. The molecule has 2 aromatic heterocycles. The summed E-state index contributed by atoms with van der Waals surface area (Å²) >= 11 is 0. The van der Waals surface area contributed by atoms with Crippen LogP contribution in [0.5, 0.6) is 0 Å². The van der Waals surface area contributed by atoms with Gasteiger partial charge in [-0.2, -0.15) is 5.10 Å². The Morgan fingerprint density at radius 1 is 1.28 bits per heavy atom. The number of aryl methyl sites for hydroxylation is 2. The molecule has 3 aromatic rings. The summed E-state index contributed by atoms with van der Waals surface area (Å²) in [5.41, 5.74) is 2.03. The van der Waals surface area contributed by atoms with E-state index in [1.807, 2.05) is 43.0 Å². The Hall–Kier alpha value is -2.70. The van der Waals surface area contributed by atoms with Gasteiger partial charge in [-0.25, -0.2) is 14.6 Å². The normalized spacial score (nSPS) is 18.0. The van der Waals surface area contributed by atoms with Gasteiger partial charge in [0.25, 0.3) is 0 Å². The van der Waals surface area contributed by atoms with Crippen LogP contribution in [0, 0.1) is 13.8 Å². The molecule has 1 saturated heterocycles. The van der Waals surface area contributed by atoms with Crippen molar-refractivity contribution in [3.05, 3.63) is 41.7 Å². The van der Waals surface area contributed by atoms with E-state index < -0.39 is 0 Å². The van der Waals surface area contributed by atoms with Crippen molar-refractivity contribution < 1.29 is 4.79 Å². The number of nitrogens with zero attached hydrogens (tertiary/aromatic N) is 5. The minimum absolute atomic E-state index is 0.0915. The number of imidazole rings is 1. The predicted molar refractivity (Wildman–Crippen MR) is 94.1 cm³/mol. The van der Waals surface area contributed by atoms with Crippen LogP contribution >= 0.6 is 0 Å². The summed E-state index contributed by atoms with van der Waals surface area (Å²) in [6.07, 6.45) is 2.04. The second-order valence-electron chi connectivity index (χ2n) is 6.68. The predicted octanol–water partition coefficient (Wildman–Crippen LogP) is 2.18. The van der Waals surface area contributed by atoms with Gasteiger partial charge < -0.3 is 9.88 Å². The van der Waals surface area contributed by atoms with Gasteiger partial charge in [-0.05, 0) is 38.8 Å². The summed E-state index contributed by atoms with van der Waals surface area (Å²) in [7, 11) is 0. The quantitative estimate of drug-likeness (QED) is 0.794. The molecular formula is C18H22N6O. The average Bonchev–Trinajstić information content (AvgIpc) is 3.18. The molecule has 0 spiro atoms. The topological polar surface area (TPSA) is 79.7 Å². The number of para-hydroxylation sites is 2. The van der Waals surface area contributed by atoms with Gasteiger partial charge in [-0.15, -0.1) is 0 Å². The number of H-pyrrole nitrogens is 1. The summed E-state index contributed by atoms with van der Waals surface area (Å²) in [5, 5.41) is 4.29. The van der Waals surface area contributed by atoms with Gasteiger partial charge in [-0.3, -0.25) is 4.79 Å². The molecule has 4 rings (SSSR count). The fourth-order valence-electron chi connectivity index (χ4n) is 3.53. The monoisotopic (exact) mass is 338 g/mol. The van der Waals surface area contributed by atoms with Gasteiger partial charge in [0.15, 0.2) is 0 Å². The lowest BCUT2D eigenvalue weighted by Crippen LogP contribution is -2.41. The number of amides is 1. The van der Waals surface area contributed by atoms with E-state index in [0.717, 1.165) is 42.1 Å². The van der Waals surface area contributed by atoms with Crippen molar-refractivity contribution in [2.75, 3.05) is 13.1 Å². The van der Waals surface area contributed by atoms with E-state index in [1.165, 1.54) is 0 Å². The molecule has 7 heteroatoms. The first kappa shape index (κ1) is 15.8. The molecule has 25 heavy (non-hydrogen) atoms. The van der Waals surface area contributed by atoms with Crippen molar-refractivity contribution in [1.82, 2.24) is 29.6 Å². The molecule has 0 saturated carbocycles. The van der Waals surface area contributed by atoms with Crippen molar-refractivity contribution in [2.45, 2.75) is 39.2 Å². The maximum absolute atomic E-state index is 12.7. The molecule has 1 atom stereocenters. The molecule has 1 aromatic carbocycles. The number of carbonyl (C=O) groups excluding carboxylic acids is 1. The highest BCUT2D eigenvalue weighted by molar-refractivity contribution is 5.76. The maximum atomic E-state index is 12.7. The molecule has 1 aliphatic heterocycles. The molecular weight excluding hydrogens is 316 g/mol. The summed E-state index contributed by atoms with van der Waals surface area (Å²) in [5.74, 6) is 2.80. The van der Waals surface area contributed by atoms with E-state index in [-0.39, 0.29) is 18.4 Å². The molecule has 130 valence electrons. The zero-order valence-electron chi connectivity index (χ0n) is 14.6. The summed E-state index contributed by atoms with van der Waals surface area (Å²) < 4.78 is 1.68. The molecule has 0 bridgehead atoms. The first-order chi connectivity index (χ1) is 12.1. The summed E-state index contributed by atoms with van der Waals surface area (Å²) in [4.78, 5) is 27.0. The highest BCUT2D eigenvalue weighted by Crippen LogP contribution is 2.26. The van der Waals surface area contributed by atoms with Crippen molar-refractivity contribution in [2.24, 2.45) is 0 Å². The molecule has 0 aliphatic carbocycles. The van der Waals surface area contributed by atoms with Gasteiger partial charge >= 0.3 is 0 Å². The first-order valence-electron chi connectivity index (χ1n) is 8.70. The van der Waals surface area contributed by atoms with Crippen molar-refractivity contribution in [1.29, 1.82) is 0 Å². The number of hydrogen-bond donors (Lipinski definition) is 1. The van der Waals surface area contributed by atoms with Gasteiger partial charge in [0.1, 0.15) is 24.0 Å². The lowest BCUT2D eigenvalue weighted by Gasteiger charge is -2.31. The molecule has 3 heterocycles. The Kier molecular flexibility index (Phi) is 3.99. The average molecular weight is 338 g/mol. The van der Waals surface area contributed by atoms with E-state index in [2.05, 4.69) is 15.1 Å². The van der Waals surface area contributed by atoms with Gasteiger partial charge in [0.05, 0.1) is 11.0 Å². The summed E-state index contributed by atoms with van der Waals surface area (Å²) in [6.45, 7) is 5.46. The number of nitrogens with one attached hydrogen (secondary N) is 1. The number of benzene rings is 1. The third-order valence-corrected chi connectivity index (χ3v) is 4.82. The molecule has 7 nitrogen and oxygen atoms in total. The largest absolute Gasteiger partial charge is 0.342 e. The Labute approximate surface area is 146 Å². The number of hydrogen-bond acceptors (Lipinski definition) is 4. The lowest BCUT2D eigenvalue weighted by molar-refractivity contribution is -0.133. The molecule has 1 aliphatic rings. The Morgan fingerprint density at radius 3 is 2.88 bits per heavy atom. The highest BCUT2D eigenvalue weighted by Gasteiger charge is 2.27. The number of fused-ring (bicyclic) bond motifs is 1. The number of aromatic amines is 1. The molecule has 1 N–H and O–H groups in total.